The first-order valence-corrected chi connectivity index (χ1v) is 11.4. The van der Waals surface area contributed by atoms with Crippen molar-refractivity contribution in [2.24, 2.45) is 0 Å². The summed E-state index contributed by atoms with van der Waals surface area (Å²) < 4.78 is 5.37. The van der Waals surface area contributed by atoms with Gasteiger partial charge < -0.3 is 15.0 Å². The molecule has 0 aromatic heterocycles. The lowest BCUT2D eigenvalue weighted by atomic mass is 10.1. The fourth-order valence-electron chi connectivity index (χ4n) is 3.55. The van der Waals surface area contributed by atoms with Gasteiger partial charge in [0.1, 0.15) is 6.54 Å². The van der Waals surface area contributed by atoms with Crippen LogP contribution in [0.15, 0.2) is 47.4 Å². The molecule has 34 heavy (non-hydrogen) atoms. The maximum Gasteiger partial charge on any atom is 0.294 e. The lowest BCUT2D eigenvalue weighted by molar-refractivity contribution is -0.384. The topological polar surface area (TPSA) is 122 Å². The molecule has 0 saturated carbocycles. The normalized spacial score (nSPS) is 17.4. The summed E-state index contributed by atoms with van der Waals surface area (Å²) in [6, 6.07) is 10.9. The minimum Gasteiger partial charge on any atom is -0.378 e. The molecule has 2 aliphatic heterocycles. The van der Waals surface area contributed by atoms with Crippen LogP contribution in [-0.2, 0) is 14.3 Å². The van der Waals surface area contributed by atoms with Gasteiger partial charge in [-0.05, 0) is 42.1 Å². The maximum atomic E-state index is 12.9. The molecule has 0 bridgehead atoms. The predicted molar refractivity (Wildman–Crippen MR) is 129 cm³/mol. The number of imide groups is 1. The molecule has 0 radical (unpaired) electrons. The van der Waals surface area contributed by atoms with Crippen molar-refractivity contribution in [3.8, 4) is 0 Å². The molecule has 0 unspecified atom stereocenters. The van der Waals surface area contributed by atoms with Gasteiger partial charge in [0, 0.05) is 47.2 Å². The summed E-state index contributed by atoms with van der Waals surface area (Å²) in [6.07, 6.45) is 1.46. The number of nitro groups is 1. The summed E-state index contributed by atoms with van der Waals surface area (Å²) in [4.78, 5) is 51.5. The number of thioether (sulfide) groups is 1. The zero-order valence-electron chi connectivity index (χ0n) is 17.7. The van der Waals surface area contributed by atoms with Crippen molar-refractivity contribution >= 4 is 63.6 Å². The van der Waals surface area contributed by atoms with Crippen molar-refractivity contribution < 1.29 is 24.0 Å². The Morgan fingerprint density at radius 2 is 1.97 bits per heavy atom. The first-order chi connectivity index (χ1) is 16.3. The summed E-state index contributed by atoms with van der Waals surface area (Å²) in [5.41, 5.74) is 1.43. The average molecular weight is 503 g/mol. The van der Waals surface area contributed by atoms with Crippen molar-refractivity contribution in [2.45, 2.75) is 0 Å². The number of nitrogens with one attached hydrogen (secondary N) is 1. The molecular weight excluding hydrogens is 484 g/mol. The van der Waals surface area contributed by atoms with Crippen LogP contribution < -0.4 is 10.2 Å². The zero-order chi connectivity index (χ0) is 24.2. The SMILES string of the molecule is O=C(CN1C(=O)S/C(=C\c2cc([N+](=O)[O-])ccc2N2CCOCC2)C1=O)Nc1cccc(Cl)c1. The van der Waals surface area contributed by atoms with E-state index in [-0.39, 0.29) is 10.6 Å². The summed E-state index contributed by atoms with van der Waals surface area (Å²) in [5, 5.41) is 13.7. The van der Waals surface area contributed by atoms with Crippen molar-refractivity contribution in [1.82, 2.24) is 4.90 Å². The number of non-ortho nitro benzene ring substituents is 1. The molecule has 176 valence electrons. The van der Waals surface area contributed by atoms with Gasteiger partial charge in [-0.25, -0.2) is 0 Å². The number of halogens is 1. The van der Waals surface area contributed by atoms with Gasteiger partial charge >= 0.3 is 0 Å². The Bertz CT molecular complexity index is 1200. The Labute approximate surface area is 203 Å². The number of benzene rings is 2. The summed E-state index contributed by atoms with van der Waals surface area (Å²) >= 11 is 6.59. The third kappa shape index (κ3) is 5.38. The Morgan fingerprint density at radius 3 is 2.68 bits per heavy atom. The maximum absolute atomic E-state index is 12.9. The van der Waals surface area contributed by atoms with Crippen LogP contribution in [0.25, 0.3) is 6.08 Å². The molecule has 2 fully saturated rings. The Kier molecular flexibility index (Phi) is 7.15. The number of carbonyl (C=O) groups is 3. The number of anilines is 2. The molecule has 0 atom stereocenters. The van der Waals surface area contributed by atoms with Gasteiger partial charge in [-0.3, -0.25) is 29.4 Å². The van der Waals surface area contributed by atoms with Crippen LogP contribution in [0.3, 0.4) is 0 Å². The minimum absolute atomic E-state index is 0.0792. The van der Waals surface area contributed by atoms with Gasteiger partial charge in [0.25, 0.3) is 16.8 Å². The quantitative estimate of drug-likeness (QED) is 0.360. The third-order valence-corrected chi connectivity index (χ3v) is 6.29. The van der Waals surface area contributed by atoms with Crippen LogP contribution in [0, 0.1) is 10.1 Å². The zero-order valence-corrected chi connectivity index (χ0v) is 19.3. The number of carbonyl (C=O) groups excluding carboxylic acids is 3. The molecular formula is C22H19ClN4O6S. The molecule has 0 spiro atoms. The van der Waals surface area contributed by atoms with Crippen LogP contribution in [0.4, 0.5) is 21.9 Å². The molecule has 1 N–H and O–H groups in total. The second kappa shape index (κ2) is 10.2. The second-order valence-electron chi connectivity index (χ2n) is 7.43. The highest BCUT2D eigenvalue weighted by atomic mass is 35.5. The number of nitro benzene ring substituents is 1. The van der Waals surface area contributed by atoms with E-state index in [0.717, 1.165) is 4.90 Å². The Balaban J connectivity index is 1.56. The van der Waals surface area contributed by atoms with E-state index in [1.807, 2.05) is 4.90 Å². The predicted octanol–water partition coefficient (Wildman–Crippen LogP) is 3.76. The number of nitrogens with zero attached hydrogens (tertiary/aromatic N) is 3. The van der Waals surface area contributed by atoms with E-state index in [0.29, 0.717) is 60.0 Å². The molecule has 2 heterocycles. The molecule has 2 aromatic carbocycles. The Hall–Kier alpha value is -3.41. The highest BCUT2D eigenvalue weighted by Gasteiger charge is 2.36. The summed E-state index contributed by atoms with van der Waals surface area (Å²) in [6.45, 7) is 1.72. The number of ether oxygens (including phenoxy) is 1. The average Bonchev–Trinajstić information content (AvgIpc) is 3.07. The fourth-order valence-corrected chi connectivity index (χ4v) is 4.57. The highest BCUT2D eigenvalue weighted by Crippen LogP contribution is 2.35. The first-order valence-electron chi connectivity index (χ1n) is 10.2. The molecule has 0 aliphatic carbocycles. The number of hydrogen-bond donors (Lipinski definition) is 1. The molecule has 2 aliphatic rings. The third-order valence-electron chi connectivity index (χ3n) is 5.14. The van der Waals surface area contributed by atoms with E-state index in [9.17, 15) is 24.5 Å². The molecule has 2 saturated heterocycles. The lowest BCUT2D eigenvalue weighted by Crippen LogP contribution is -2.36. The highest BCUT2D eigenvalue weighted by molar-refractivity contribution is 8.18. The first kappa shape index (κ1) is 23.7. The molecule has 4 rings (SSSR count). The van der Waals surface area contributed by atoms with Crippen molar-refractivity contribution in [2.75, 3.05) is 43.1 Å². The number of hydrogen-bond acceptors (Lipinski definition) is 8. The van der Waals surface area contributed by atoms with E-state index < -0.39 is 28.5 Å². The van der Waals surface area contributed by atoms with Gasteiger partial charge in [-0.2, -0.15) is 0 Å². The van der Waals surface area contributed by atoms with Crippen molar-refractivity contribution in [3.05, 3.63) is 68.1 Å². The monoisotopic (exact) mass is 502 g/mol. The molecule has 10 nitrogen and oxygen atoms in total. The van der Waals surface area contributed by atoms with E-state index in [1.54, 1.807) is 30.3 Å². The van der Waals surface area contributed by atoms with E-state index in [2.05, 4.69) is 5.32 Å². The van der Waals surface area contributed by atoms with Crippen molar-refractivity contribution in [1.29, 1.82) is 0 Å². The van der Waals surface area contributed by atoms with Crippen molar-refractivity contribution in [3.63, 3.8) is 0 Å². The van der Waals surface area contributed by atoms with E-state index >= 15 is 0 Å². The number of morpholine rings is 1. The van der Waals surface area contributed by atoms with Crippen LogP contribution >= 0.6 is 23.4 Å². The lowest BCUT2D eigenvalue weighted by Gasteiger charge is -2.30. The van der Waals surface area contributed by atoms with Crippen LogP contribution in [-0.4, -0.2) is 59.7 Å². The standard InChI is InChI=1S/C22H19ClN4O6S/c23-15-2-1-3-16(12-15)24-20(28)13-26-21(29)19(34-22(26)30)11-14-10-17(27(31)32)4-5-18(14)25-6-8-33-9-7-25/h1-5,10-12H,6-9,13H2,(H,24,28)/b19-11-. The minimum atomic E-state index is -0.643. The summed E-state index contributed by atoms with van der Waals surface area (Å²) in [7, 11) is 0. The Morgan fingerprint density at radius 1 is 1.21 bits per heavy atom. The van der Waals surface area contributed by atoms with Gasteiger partial charge in [0.05, 0.1) is 23.0 Å². The largest absolute Gasteiger partial charge is 0.378 e. The second-order valence-corrected chi connectivity index (χ2v) is 8.86. The number of rotatable bonds is 6. The van der Waals surface area contributed by atoms with Crippen LogP contribution in [0.2, 0.25) is 5.02 Å². The summed E-state index contributed by atoms with van der Waals surface area (Å²) in [5.74, 6) is -1.20. The fraction of sp³-hybridized carbons (Fsp3) is 0.227. The van der Waals surface area contributed by atoms with Crippen LogP contribution in [0.1, 0.15) is 5.56 Å². The van der Waals surface area contributed by atoms with Gasteiger partial charge in [0.15, 0.2) is 0 Å². The smallest absolute Gasteiger partial charge is 0.294 e. The molecule has 12 heteroatoms. The van der Waals surface area contributed by atoms with E-state index in [4.69, 9.17) is 16.3 Å². The van der Waals surface area contributed by atoms with Gasteiger partial charge in [0.2, 0.25) is 5.91 Å². The van der Waals surface area contributed by atoms with E-state index in [1.165, 1.54) is 18.2 Å². The number of amides is 3. The van der Waals surface area contributed by atoms with Gasteiger partial charge in [-0.1, -0.05) is 17.7 Å². The molecule has 3 amide bonds. The van der Waals surface area contributed by atoms with Crippen LogP contribution in [0.5, 0.6) is 0 Å². The molecule has 2 aromatic rings. The van der Waals surface area contributed by atoms with Gasteiger partial charge in [-0.15, -0.1) is 0 Å².